The summed E-state index contributed by atoms with van der Waals surface area (Å²) < 4.78 is 10.9. The first-order valence-electron chi connectivity index (χ1n) is 8.56. The van der Waals surface area contributed by atoms with Crippen LogP contribution >= 0.6 is 0 Å². The molecular formula is C19H23N3O3. The van der Waals surface area contributed by atoms with Crippen LogP contribution in [0.1, 0.15) is 22.8 Å². The van der Waals surface area contributed by atoms with Crippen molar-refractivity contribution in [1.82, 2.24) is 10.3 Å². The number of hydrogen-bond acceptors (Lipinski definition) is 5. The third-order valence-corrected chi connectivity index (χ3v) is 4.05. The first-order chi connectivity index (χ1) is 12.3. The highest BCUT2D eigenvalue weighted by Crippen LogP contribution is 2.20. The van der Waals surface area contributed by atoms with Crippen molar-refractivity contribution in [2.75, 3.05) is 37.8 Å². The third kappa shape index (κ3) is 4.28. The van der Waals surface area contributed by atoms with E-state index in [0.717, 1.165) is 24.5 Å². The molecule has 0 unspecified atom stereocenters. The first-order valence-corrected chi connectivity index (χ1v) is 8.56. The van der Waals surface area contributed by atoms with E-state index in [1.807, 2.05) is 37.3 Å². The maximum atomic E-state index is 12.6. The Balaban J connectivity index is 1.70. The summed E-state index contributed by atoms with van der Waals surface area (Å²) in [5.41, 5.74) is 1.54. The molecule has 1 aliphatic rings. The number of pyridine rings is 1. The van der Waals surface area contributed by atoms with Gasteiger partial charge in [-0.1, -0.05) is 18.2 Å². The van der Waals surface area contributed by atoms with Gasteiger partial charge in [0.2, 0.25) is 0 Å². The molecule has 0 saturated carbocycles. The van der Waals surface area contributed by atoms with Crippen molar-refractivity contribution < 1.29 is 14.3 Å². The van der Waals surface area contributed by atoms with Gasteiger partial charge in [0.15, 0.2) is 0 Å². The van der Waals surface area contributed by atoms with Crippen molar-refractivity contribution in [1.29, 1.82) is 0 Å². The van der Waals surface area contributed by atoms with Crippen LogP contribution in [0.25, 0.3) is 0 Å². The van der Waals surface area contributed by atoms with Gasteiger partial charge in [-0.3, -0.25) is 4.79 Å². The molecule has 0 bridgehead atoms. The molecule has 132 valence electrons. The smallest absolute Gasteiger partial charge is 0.255 e. The Hall–Kier alpha value is -2.60. The molecule has 0 atom stereocenters. The van der Waals surface area contributed by atoms with Crippen LogP contribution in [-0.4, -0.2) is 43.8 Å². The van der Waals surface area contributed by atoms with Gasteiger partial charge in [-0.15, -0.1) is 0 Å². The molecule has 1 aromatic heterocycles. The molecule has 1 saturated heterocycles. The van der Waals surface area contributed by atoms with E-state index in [0.29, 0.717) is 37.7 Å². The summed E-state index contributed by atoms with van der Waals surface area (Å²) in [6.07, 6.45) is 1.78. The number of para-hydroxylation sites is 1. The van der Waals surface area contributed by atoms with E-state index in [2.05, 4.69) is 15.2 Å². The fourth-order valence-corrected chi connectivity index (χ4v) is 2.83. The number of rotatable bonds is 6. The summed E-state index contributed by atoms with van der Waals surface area (Å²) in [6.45, 7) is 5.86. The molecule has 6 heteroatoms. The minimum atomic E-state index is -0.152. The Morgan fingerprint density at radius 2 is 2.04 bits per heavy atom. The van der Waals surface area contributed by atoms with Crippen LogP contribution in [0.3, 0.4) is 0 Å². The van der Waals surface area contributed by atoms with Crippen molar-refractivity contribution in [2.45, 2.75) is 13.5 Å². The number of nitrogens with one attached hydrogen (secondary N) is 1. The number of ether oxygens (including phenoxy) is 2. The molecule has 25 heavy (non-hydrogen) atoms. The van der Waals surface area contributed by atoms with E-state index in [1.165, 1.54) is 0 Å². The van der Waals surface area contributed by atoms with Gasteiger partial charge in [-0.05, 0) is 25.1 Å². The normalized spacial score (nSPS) is 14.2. The zero-order chi connectivity index (χ0) is 17.5. The first kappa shape index (κ1) is 17.2. The average molecular weight is 341 g/mol. The van der Waals surface area contributed by atoms with Crippen molar-refractivity contribution >= 4 is 11.7 Å². The highest BCUT2D eigenvalue weighted by atomic mass is 16.5. The number of benzene rings is 1. The molecule has 1 N–H and O–H groups in total. The number of carbonyl (C=O) groups excluding carboxylic acids is 1. The zero-order valence-corrected chi connectivity index (χ0v) is 14.4. The second-order valence-corrected chi connectivity index (χ2v) is 5.70. The van der Waals surface area contributed by atoms with Crippen molar-refractivity contribution in [3.63, 3.8) is 0 Å². The van der Waals surface area contributed by atoms with Crippen molar-refractivity contribution in [2.24, 2.45) is 0 Å². The molecule has 1 amide bonds. The molecule has 2 heterocycles. The second-order valence-electron chi connectivity index (χ2n) is 5.70. The molecule has 2 aromatic rings. The Kier molecular flexibility index (Phi) is 5.85. The van der Waals surface area contributed by atoms with Gasteiger partial charge in [0.1, 0.15) is 11.6 Å². The Bertz CT molecular complexity index is 715. The summed E-state index contributed by atoms with van der Waals surface area (Å²) in [5, 5.41) is 2.98. The highest BCUT2D eigenvalue weighted by Gasteiger charge is 2.17. The fourth-order valence-electron chi connectivity index (χ4n) is 2.83. The van der Waals surface area contributed by atoms with Crippen LogP contribution in [0.4, 0.5) is 5.82 Å². The SMILES string of the molecule is CCOc1ccccc1C(=O)NCc1cccnc1N1CCOCC1. The van der Waals surface area contributed by atoms with E-state index in [-0.39, 0.29) is 5.91 Å². The number of carbonyl (C=O) groups is 1. The lowest BCUT2D eigenvalue weighted by atomic mass is 10.1. The number of morpholine rings is 1. The van der Waals surface area contributed by atoms with Crippen LogP contribution in [0.15, 0.2) is 42.6 Å². The van der Waals surface area contributed by atoms with E-state index < -0.39 is 0 Å². The number of hydrogen-bond donors (Lipinski definition) is 1. The summed E-state index contributed by atoms with van der Waals surface area (Å²) in [4.78, 5) is 19.2. The fraction of sp³-hybridized carbons (Fsp3) is 0.368. The maximum absolute atomic E-state index is 12.6. The molecule has 0 aliphatic carbocycles. The van der Waals surface area contributed by atoms with Gasteiger partial charge in [-0.25, -0.2) is 4.98 Å². The number of nitrogens with zero attached hydrogens (tertiary/aromatic N) is 2. The van der Waals surface area contributed by atoms with Crippen molar-refractivity contribution in [3.8, 4) is 5.75 Å². The van der Waals surface area contributed by atoms with Crippen LogP contribution in [0.5, 0.6) is 5.75 Å². The molecule has 0 radical (unpaired) electrons. The predicted octanol–water partition coefficient (Wildman–Crippen LogP) is 2.25. The minimum absolute atomic E-state index is 0.152. The molecule has 3 rings (SSSR count). The van der Waals surface area contributed by atoms with Crippen molar-refractivity contribution in [3.05, 3.63) is 53.7 Å². The van der Waals surface area contributed by atoms with Gasteiger partial charge in [-0.2, -0.15) is 0 Å². The van der Waals surface area contributed by atoms with E-state index in [4.69, 9.17) is 9.47 Å². The van der Waals surface area contributed by atoms with Crippen LogP contribution < -0.4 is 15.0 Å². The van der Waals surface area contributed by atoms with Gasteiger partial charge in [0, 0.05) is 31.4 Å². The Morgan fingerprint density at radius 3 is 2.84 bits per heavy atom. The molecule has 1 fully saturated rings. The lowest BCUT2D eigenvalue weighted by molar-refractivity contribution is 0.0947. The average Bonchev–Trinajstić information content (AvgIpc) is 2.68. The molecule has 6 nitrogen and oxygen atoms in total. The Morgan fingerprint density at radius 1 is 1.24 bits per heavy atom. The summed E-state index contributed by atoms with van der Waals surface area (Å²) in [7, 11) is 0. The van der Waals surface area contributed by atoms with Gasteiger partial charge in [0.05, 0.1) is 25.4 Å². The molecule has 1 aromatic carbocycles. The quantitative estimate of drug-likeness (QED) is 0.873. The molecule has 1 aliphatic heterocycles. The van der Waals surface area contributed by atoms with E-state index >= 15 is 0 Å². The van der Waals surface area contributed by atoms with Crippen LogP contribution in [-0.2, 0) is 11.3 Å². The predicted molar refractivity (Wildman–Crippen MR) is 96.1 cm³/mol. The lowest BCUT2D eigenvalue weighted by Gasteiger charge is -2.29. The maximum Gasteiger partial charge on any atom is 0.255 e. The van der Waals surface area contributed by atoms with E-state index in [1.54, 1.807) is 12.3 Å². The van der Waals surface area contributed by atoms with Crippen LogP contribution in [0, 0.1) is 0 Å². The third-order valence-electron chi connectivity index (χ3n) is 4.05. The van der Waals surface area contributed by atoms with E-state index in [9.17, 15) is 4.79 Å². The van der Waals surface area contributed by atoms with Gasteiger partial charge >= 0.3 is 0 Å². The minimum Gasteiger partial charge on any atom is -0.493 e. The zero-order valence-electron chi connectivity index (χ0n) is 14.4. The standard InChI is InChI=1S/C19H23N3O3/c1-2-25-17-8-4-3-7-16(17)19(23)21-14-15-6-5-9-20-18(15)22-10-12-24-13-11-22/h3-9H,2,10-14H2,1H3,(H,21,23). The molecular weight excluding hydrogens is 318 g/mol. The topological polar surface area (TPSA) is 63.7 Å². The number of amides is 1. The second kappa shape index (κ2) is 8.48. The Labute approximate surface area is 147 Å². The molecule has 0 spiro atoms. The largest absolute Gasteiger partial charge is 0.493 e. The number of aromatic nitrogens is 1. The lowest BCUT2D eigenvalue weighted by Crippen LogP contribution is -2.37. The summed E-state index contributed by atoms with van der Waals surface area (Å²) in [6, 6.07) is 11.2. The highest BCUT2D eigenvalue weighted by molar-refractivity contribution is 5.96. The summed E-state index contributed by atoms with van der Waals surface area (Å²) in [5.74, 6) is 1.35. The van der Waals surface area contributed by atoms with Crippen LogP contribution in [0.2, 0.25) is 0 Å². The van der Waals surface area contributed by atoms with Gasteiger partial charge < -0.3 is 19.7 Å². The summed E-state index contributed by atoms with van der Waals surface area (Å²) >= 11 is 0. The monoisotopic (exact) mass is 341 g/mol. The number of anilines is 1. The van der Waals surface area contributed by atoms with Gasteiger partial charge in [0.25, 0.3) is 5.91 Å².